The van der Waals surface area contributed by atoms with E-state index in [1.54, 1.807) is 0 Å². The standard InChI is InChI=1S/Ba.Mg.2H2O.O.Zn.4H/h;;2*1H2;;;;;;. The molecule has 0 aliphatic heterocycles. The molecule has 4 N–H and O–H groups in total. The van der Waals surface area contributed by atoms with Gasteiger partial charge in [-0.1, -0.05) is 0 Å². The molecule has 0 unspecified atom stereocenters. The third kappa shape index (κ3) is 30.0. The van der Waals surface area contributed by atoms with Gasteiger partial charge in [-0.2, -0.15) is 0 Å². The molecule has 0 rings (SSSR count). The van der Waals surface area contributed by atoms with Crippen molar-refractivity contribution in [2.75, 3.05) is 0 Å². The molecule has 0 atom stereocenters. The van der Waals surface area contributed by atoms with Crippen LogP contribution in [0.1, 0.15) is 0 Å². The van der Waals surface area contributed by atoms with Crippen LogP contribution in [0.15, 0.2) is 0 Å². The van der Waals surface area contributed by atoms with E-state index in [4.69, 9.17) is 3.57 Å². The first-order valence-corrected chi connectivity index (χ1v) is 1.50. The second-order valence-electron chi connectivity index (χ2n) is 0. The van der Waals surface area contributed by atoms with Crippen LogP contribution in [0, 0.1) is 0 Å². The van der Waals surface area contributed by atoms with Gasteiger partial charge in [0.15, 0.2) is 0 Å². The molecular weight excluding hydrogens is 275 g/mol. The Balaban J connectivity index is -0.000000000833. The van der Waals surface area contributed by atoms with Gasteiger partial charge in [0.1, 0.15) is 0 Å². The van der Waals surface area contributed by atoms with Crippen LogP contribution in [0.25, 0.3) is 0 Å². The fourth-order valence-corrected chi connectivity index (χ4v) is 0. The van der Waals surface area contributed by atoms with Gasteiger partial charge in [-0.15, -0.1) is 0 Å². The Morgan fingerprint density at radius 2 is 1.00 bits per heavy atom. The molecule has 0 aromatic heterocycles. The third-order valence-corrected chi connectivity index (χ3v) is 0. The minimum absolute atomic E-state index is 0. The average molecular weight is 283 g/mol. The molecule has 0 fully saturated rings. The first-order valence-electron chi connectivity index (χ1n) is 0.289. The van der Waals surface area contributed by atoms with Crippen molar-refractivity contribution in [1.82, 2.24) is 0 Å². The van der Waals surface area contributed by atoms with Crippen LogP contribution in [0.5, 0.6) is 0 Å². The van der Waals surface area contributed by atoms with Crippen molar-refractivity contribution in [2.24, 2.45) is 0 Å². The first kappa shape index (κ1) is 37.8. The minimum atomic E-state index is 0. The van der Waals surface area contributed by atoms with Gasteiger partial charge in [0.05, 0.1) is 0 Å². The molecule has 0 aliphatic carbocycles. The SMILES string of the molecule is O.O.[BaH2].[MgH2].[O]=[Zn]. The molecule has 0 saturated carbocycles. The molecule has 0 aromatic carbocycles. The van der Waals surface area contributed by atoms with Gasteiger partial charge in [0.25, 0.3) is 0 Å². The van der Waals surface area contributed by atoms with Crippen LogP contribution in [0.3, 0.4) is 0 Å². The van der Waals surface area contributed by atoms with Crippen LogP contribution in [-0.2, 0) is 21.8 Å². The topological polar surface area (TPSA) is 80.1 Å². The second-order valence-corrected chi connectivity index (χ2v) is 0. The molecule has 0 bridgehead atoms. The quantitative estimate of drug-likeness (QED) is 0.423. The van der Waals surface area contributed by atoms with E-state index in [2.05, 4.69) is 0 Å². The van der Waals surface area contributed by atoms with Gasteiger partial charge in [-0.25, -0.2) is 0 Å². The van der Waals surface area contributed by atoms with Gasteiger partial charge in [0, 0.05) is 0 Å². The molecule has 0 saturated heterocycles. The molecular formula is H8BaMgO3Zn. The molecule has 0 amide bonds. The third-order valence-electron chi connectivity index (χ3n) is 0. The Kier molecular flexibility index (Phi) is 300. The van der Waals surface area contributed by atoms with Crippen molar-refractivity contribution in [3.8, 4) is 0 Å². The van der Waals surface area contributed by atoms with Crippen molar-refractivity contribution in [2.45, 2.75) is 0 Å². The van der Waals surface area contributed by atoms with Crippen LogP contribution in [0.4, 0.5) is 0 Å². The number of hydrogen-bond donors (Lipinski definition) is 0. The Morgan fingerprint density at radius 3 is 1.00 bits per heavy atom. The van der Waals surface area contributed by atoms with Crippen LogP contribution in [0.2, 0.25) is 0 Å². The summed E-state index contributed by atoms with van der Waals surface area (Å²) in [5.74, 6) is 0. The van der Waals surface area contributed by atoms with E-state index < -0.39 is 0 Å². The van der Waals surface area contributed by atoms with E-state index in [0.717, 1.165) is 0 Å². The van der Waals surface area contributed by atoms with E-state index in [9.17, 15) is 0 Å². The van der Waals surface area contributed by atoms with E-state index in [-0.39, 0.29) is 101 Å². The average Bonchev–Trinajstić information content (AvgIpc) is 1.00. The molecule has 3 nitrogen and oxygen atoms in total. The summed E-state index contributed by atoms with van der Waals surface area (Å²) >= 11 is 0.125. The number of rotatable bonds is 0. The van der Waals surface area contributed by atoms with Crippen molar-refractivity contribution in [1.29, 1.82) is 0 Å². The predicted octanol–water partition coefficient (Wildman–Crippen LogP) is -3.60. The Labute approximate surface area is 102 Å². The summed E-state index contributed by atoms with van der Waals surface area (Å²) in [6, 6.07) is 0. The predicted molar refractivity (Wildman–Crippen MR) is 25.0 cm³/mol. The summed E-state index contributed by atoms with van der Waals surface area (Å²) in [6.45, 7) is 0. The monoisotopic (exact) mass is 282 g/mol. The van der Waals surface area contributed by atoms with Gasteiger partial charge in [-0.3, -0.25) is 0 Å². The maximum atomic E-state index is 8.38. The van der Waals surface area contributed by atoms with Crippen molar-refractivity contribution < 1.29 is 32.8 Å². The van der Waals surface area contributed by atoms with Crippen molar-refractivity contribution >= 4 is 71.9 Å². The Morgan fingerprint density at radius 1 is 1.00 bits per heavy atom. The first-order chi connectivity index (χ1) is 1.00. The second kappa shape index (κ2) is 47.7. The molecule has 0 aliphatic rings. The van der Waals surface area contributed by atoms with Gasteiger partial charge < -0.3 is 11.0 Å². The molecule has 0 spiro atoms. The van der Waals surface area contributed by atoms with E-state index in [1.165, 1.54) is 0 Å². The maximum absolute atomic E-state index is 8.38. The van der Waals surface area contributed by atoms with Gasteiger partial charge in [-0.05, 0) is 0 Å². The van der Waals surface area contributed by atoms with Crippen LogP contribution < -0.4 is 0 Å². The van der Waals surface area contributed by atoms with E-state index in [1.807, 2.05) is 0 Å². The molecule has 32 valence electrons. The summed E-state index contributed by atoms with van der Waals surface area (Å²) in [6.07, 6.45) is 0. The zero-order valence-electron chi connectivity index (χ0n) is 2.12. The fourth-order valence-electron chi connectivity index (χ4n) is 0. The zero-order valence-corrected chi connectivity index (χ0v) is 5.08. The molecule has 6 heteroatoms. The van der Waals surface area contributed by atoms with Crippen molar-refractivity contribution in [3.05, 3.63) is 0 Å². The molecule has 0 radical (unpaired) electrons. The summed E-state index contributed by atoms with van der Waals surface area (Å²) in [5, 5.41) is 0. The van der Waals surface area contributed by atoms with E-state index in [0.29, 0.717) is 0 Å². The molecule has 0 heterocycles. The van der Waals surface area contributed by atoms with Crippen molar-refractivity contribution in [3.63, 3.8) is 0 Å². The summed E-state index contributed by atoms with van der Waals surface area (Å²) in [5.41, 5.74) is 0. The zero-order chi connectivity index (χ0) is 2.00. The Bertz CT molecular complexity index is 10.8. The normalized spacial score (nSPS) is 1.00. The van der Waals surface area contributed by atoms with Gasteiger partial charge >= 0.3 is 93.8 Å². The summed E-state index contributed by atoms with van der Waals surface area (Å²) in [7, 11) is 0. The Hall–Kier alpha value is 2.68. The molecule has 0 aromatic rings. The van der Waals surface area contributed by atoms with Crippen LogP contribution >= 0.6 is 0 Å². The number of hydrogen-bond acceptors (Lipinski definition) is 1. The molecule has 6 heavy (non-hydrogen) atoms. The van der Waals surface area contributed by atoms with Crippen LogP contribution in [-0.4, -0.2) is 82.9 Å². The van der Waals surface area contributed by atoms with E-state index >= 15 is 0 Å². The fraction of sp³-hybridized carbons (Fsp3) is 0. The summed E-state index contributed by atoms with van der Waals surface area (Å²) < 4.78 is 8.38. The summed E-state index contributed by atoms with van der Waals surface area (Å²) in [4.78, 5) is 0. The van der Waals surface area contributed by atoms with Gasteiger partial charge in [0.2, 0.25) is 0 Å².